The van der Waals surface area contributed by atoms with E-state index >= 15 is 0 Å². The van der Waals surface area contributed by atoms with Gasteiger partial charge >= 0.3 is 0 Å². The Balaban J connectivity index is 1.71. The molecule has 0 unspecified atom stereocenters. The van der Waals surface area contributed by atoms with Crippen molar-refractivity contribution in [2.45, 2.75) is 25.3 Å². The van der Waals surface area contributed by atoms with E-state index < -0.39 is 0 Å². The fraction of sp³-hybridized carbons (Fsp3) is 0.333. The van der Waals surface area contributed by atoms with Gasteiger partial charge in [0, 0.05) is 24.3 Å². The number of anilines is 1. The fourth-order valence-corrected chi connectivity index (χ4v) is 4.11. The van der Waals surface area contributed by atoms with Crippen molar-refractivity contribution in [2.75, 3.05) is 25.1 Å². The topological polar surface area (TPSA) is 56.6 Å². The van der Waals surface area contributed by atoms with Crippen LogP contribution >= 0.6 is 0 Å². The molecule has 5 heteroatoms. The highest BCUT2D eigenvalue weighted by Gasteiger charge is 2.36. The quantitative estimate of drug-likeness (QED) is 0.800. The van der Waals surface area contributed by atoms with E-state index in [1.54, 1.807) is 12.0 Å². The number of carbonyl (C=O) groups excluding carboxylic acids is 1. The normalized spacial score (nSPS) is 18.5. The second-order valence-electron chi connectivity index (χ2n) is 6.69. The lowest BCUT2D eigenvalue weighted by Crippen LogP contribution is -2.43. The Hall–Kier alpha value is -3.00. The number of fused-ring (bicyclic) bond motifs is 1. The Bertz CT molecular complexity index is 887. The summed E-state index contributed by atoms with van der Waals surface area (Å²) in [7, 11) is 1.67. The number of para-hydroxylation sites is 1. The predicted octanol–water partition coefficient (Wildman–Crippen LogP) is 3.20. The van der Waals surface area contributed by atoms with Gasteiger partial charge in [0.1, 0.15) is 11.8 Å². The summed E-state index contributed by atoms with van der Waals surface area (Å²) in [5.74, 6) is 0.872. The third-order valence-corrected chi connectivity index (χ3v) is 5.36. The molecular formula is C21H21N3O2. The number of rotatable bonds is 3. The summed E-state index contributed by atoms with van der Waals surface area (Å²) in [6.45, 7) is 1.34. The molecule has 0 spiro atoms. The van der Waals surface area contributed by atoms with E-state index in [1.807, 2.05) is 41.3 Å². The van der Waals surface area contributed by atoms with E-state index in [-0.39, 0.29) is 11.9 Å². The fourth-order valence-electron chi connectivity index (χ4n) is 4.11. The molecular weight excluding hydrogens is 326 g/mol. The number of nitriles is 1. The number of carbonyl (C=O) groups is 1. The van der Waals surface area contributed by atoms with Gasteiger partial charge in [-0.3, -0.25) is 9.69 Å². The molecule has 0 bridgehead atoms. The summed E-state index contributed by atoms with van der Waals surface area (Å²) in [6.07, 6.45) is 4.63. The number of ether oxygens (including phenoxy) is 1. The first-order valence-electron chi connectivity index (χ1n) is 8.97. The minimum Gasteiger partial charge on any atom is -0.496 e. The van der Waals surface area contributed by atoms with Crippen LogP contribution in [-0.2, 0) is 11.2 Å². The van der Waals surface area contributed by atoms with E-state index in [2.05, 4.69) is 12.3 Å². The van der Waals surface area contributed by atoms with Gasteiger partial charge in [0.15, 0.2) is 6.19 Å². The summed E-state index contributed by atoms with van der Waals surface area (Å²) in [4.78, 5) is 16.5. The summed E-state index contributed by atoms with van der Waals surface area (Å²) < 4.78 is 5.52. The van der Waals surface area contributed by atoms with Gasteiger partial charge in [-0.05, 0) is 42.5 Å². The molecule has 4 rings (SSSR count). The van der Waals surface area contributed by atoms with Crippen molar-refractivity contribution >= 4 is 11.6 Å². The maximum Gasteiger partial charge on any atom is 0.250 e. The summed E-state index contributed by atoms with van der Waals surface area (Å²) in [6, 6.07) is 13.7. The molecule has 5 nitrogen and oxygen atoms in total. The molecule has 1 atom stereocenters. The van der Waals surface area contributed by atoms with Gasteiger partial charge in [0.25, 0.3) is 0 Å². The summed E-state index contributed by atoms with van der Waals surface area (Å²) in [5, 5.41) is 9.27. The maximum atomic E-state index is 13.1. The van der Waals surface area contributed by atoms with E-state index in [4.69, 9.17) is 4.74 Å². The van der Waals surface area contributed by atoms with Crippen LogP contribution in [0.2, 0.25) is 0 Å². The lowest BCUT2D eigenvalue weighted by molar-refractivity contribution is -0.121. The molecule has 2 heterocycles. The largest absolute Gasteiger partial charge is 0.496 e. The van der Waals surface area contributed by atoms with E-state index in [9.17, 15) is 10.1 Å². The second-order valence-corrected chi connectivity index (χ2v) is 6.69. The number of likely N-dealkylation sites (tertiary alicyclic amines) is 1. The second kappa shape index (κ2) is 6.72. The lowest BCUT2D eigenvalue weighted by Gasteiger charge is -2.25. The molecule has 0 radical (unpaired) electrons. The molecule has 2 aromatic rings. The van der Waals surface area contributed by atoms with Crippen molar-refractivity contribution in [3.63, 3.8) is 0 Å². The molecule has 26 heavy (non-hydrogen) atoms. The molecule has 1 amide bonds. The summed E-state index contributed by atoms with van der Waals surface area (Å²) >= 11 is 0. The Kier molecular flexibility index (Phi) is 4.26. The highest BCUT2D eigenvalue weighted by Crippen LogP contribution is 2.40. The van der Waals surface area contributed by atoms with Crippen LogP contribution in [-0.4, -0.2) is 37.0 Å². The van der Waals surface area contributed by atoms with Gasteiger partial charge in [-0.15, -0.1) is 0 Å². The van der Waals surface area contributed by atoms with Crippen LogP contribution in [0.5, 0.6) is 5.75 Å². The third-order valence-electron chi connectivity index (χ3n) is 5.36. The monoisotopic (exact) mass is 347 g/mol. The number of hydrogen-bond donors (Lipinski definition) is 0. The molecule has 0 N–H and O–H groups in total. The van der Waals surface area contributed by atoms with Crippen LogP contribution in [0.25, 0.3) is 11.1 Å². The van der Waals surface area contributed by atoms with E-state index in [0.29, 0.717) is 13.1 Å². The highest BCUT2D eigenvalue weighted by molar-refractivity contribution is 6.00. The zero-order chi connectivity index (χ0) is 18.1. The van der Waals surface area contributed by atoms with Crippen molar-refractivity contribution in [2.24, 2.45) is 0 Å². The average Bonchev–Trinajstić information content (AvgIpc) is 3.34. The van der Waals surface area contributed by atoms with E-state index in [1.165, 1.54) is 5.56 Å². The highest BCUT2D eigenvalue weighted by atomic mass is 16.5. The van der Waals surface area contributed by atoms with Crippen molar-refractivity contribution in [1.29, 1.82) is 5.26 Å². The Morgan fingerprint density at radius 2 is 1.96 bits per heavy atom. The minimum atomic E-state index is -0.319. The molecule has 0 aliphatic carbocycles. The van der Waals surface area contributed by atoms with Gasteiger partial charge in [-0.25, -0.2) is 0 Å². The SMILES string of the molecule is COc1ccccc1-c1cccc2c1CCN2C(=O)[C@@H]1CCCN1C#N. The lowest BCUT2D eigenvalue weighted by atomic mass is 9.97. The van der Waals surface area contributed by atoms with Gasteiger partial charge in [0.05, 0.1) is 7.11 Å². The van der Waals surface area contributed by atoms with Crippen molar-refractivity contribution in [1.82, 2.24) is 4.90 Å². The first-order chi connectivity index (χ1) is 12.7. The first-order valence-corrected chi connectivity index (χ1v) is 8.97. The predicted molar refractivity (Wildman–Crippen MR) is 99.8 cm³/mol. The zero-order valence-electron chi connectivity index (χ0n) is 14.8. The smallest absolute Gasteiger partial charge is 0.250 e. The van der Waals surface area contributed by atoms with Crippen LogP contribution in [0.15, 0.2) is 42.5 Å². The number of nitrogens with zero attached hydrogens (tertiary/aromatic N) is 3. The third kappa shape index (κ3) is 2.59. The van der Waals surface area contributed by atoms with Crippen molar-refractivity contribution in [3.05, 3.63) is 48.0 Å². The maximum absolute atomic E-state index is 13.1. The van der Waals surface area contributed by atoms with Crippen LogP contribution < -0.4 is 9.64 Å². The number of hydrogen-bond acceptors (Lipinski definition) is 4. The van der Waals surface area contributed by atoms with Crippen LogP contribution in [0, 0.1) is 11.5 Å². The summed E-state index contributed by atoms with van der Waals surface area (Å²) in [5.41, 5.74) is 4.29. The van der Waals surface area contributed by atoms with E-state index in [0.717, 1.165) is 41.8 Å². The minimum absolute atomic E-state index is 0.0416. The molecule has 1 saturated heterocycles. The standard InChI is InChI=1S/C21H21N3O2/c1-26-20-10-3-2-6-17(20)15-7-4-8-18-16(15)11-13-24(18)21(25)19-9-5-12-23(19)14-22/h2-4,6-8,10,19H,5,9,11-13H2,1H3/t19-/m0/s1. The molecule has 2 aromatic carbocycles. The number of amides is 1. The molecule has 132 valence electrons. The number of methoxy groups -OCH3 is 1. The Morgan fingerprint density at radius 1 is 1.15 bits per heavy atom. The first kappa shape index (κ1) is 16.5. The van der Waals surface area contributed by atoms with Crippen LogP contribution in [0.1, 0.15) is 18.4 Å². The molecule has 0 aromatic heterocycles. The number of benzene rings is 2. The van der Waals surface area contributed by atoms with Gasteiger partial charge < -0.3 is 9.64 Å². The van der Waals surface area contributed by atoms with Crippen molar-refractivity contribution < 1.29 is 9.53 Å². The van der Waals surface area contributed by atoms with Crippen molar-refractivity contribution in [3.8, 4) is 23.1 Å². The Labute approximate surface area is 153 Å². The van der Waals surface area contributed by atoms with Gasteiger partial charge in [0.2, 0.25) is 5.91 Å². The average molecular weight is 347 g/mol. The molecule has 1 fully saturated rings. The molecule has 0 saturated carbocycles. The zero-order valence-corrected chi connectivity index (χ0v) is 14.8. The molecule has 2 aliphatic rings. The van der Waals surface area contributed by atoms with Gasteiger partial charge in [-0.2, -0.15) is 5.26 Å². The van der Waals surface area contributed by atoms with Crippen LogP contribution in [0.4, 0.5) is 5.69 Å². The Morgan fingerprint density at radius 3 is 2.77 bits per heavy atom. The molecule has 2 aliphatic heterocycles. The van der Waals surface area contributed by atoms with Gasteiger partial charge in [-0.1, -0.05) is 30.3 Å². The van der Waals surface area contributed by atoms with Crippen LogP contribution in [0.3, 0.4) is 0 Å².